The van der Waals surface area contributed by atoms with Crippen LogP contribution in [0, 0.1) is 11.3 Å². The predicted molar refractivity (Wildman–Crippen MR) is 63.8 cm³/mol. The zero-order chi connectivity index (χ0) is 12.0. The van der Waals surface area contributed by atoms with Crippen LogP contribution in [-0.2, 0) is 6.54 Å². The Kier molecular flexibility index (Phi) is 4.90. The first-order valence-electron chi connectivity index (χ1n) is 5.36. The van der Waals surface area contributed by atoms with E-state index < -0.39 is 0 Å². The quantitative estimate of drug-likeness (QED) is 0.801. The van der Waals surface area contributed by atoms with Gasteiger partial charge in [0.05, 0.1) is 0 Å². The number of nitriles is 1. The van der Waals surface area contributed by atoms with Crippen LogP contribution >= 0.6 is 0 Å². The topological polar surface area (TPSA) is 52.0 Å². The standard InChI is InChI=1S/C12H18N4/c1-10(16(2)3)8-14-9-11-5-4-6-15-12(11)7-13/h4-6,10,14H,8-9H2,1-3H3. The molecule has 4 nitrogen and oxygen atoms in total. The van der Waals surface area contributed by atoms with E-state index in [1.54, 1.807) is 6.20 Å². The lowest BCUT2D eigenvalue weighted by molar-refractivity contribution is 0.302. The smallest absolute Gasteiger partial charge is 0.144 e. The lowest BCUT2D eigenvalue weighted by Gasteiger charge is -2.20. The molecular weight excluding hydrogens is 200 g/mol. The Balaban J connectivity index is 2.46. The number of pyridine rings is 1. The van der Waals surface area contributed by atoms with Crippen LogP contribution in [0.3, 0.4) is 0 Å². The summed E-state index contributed by atoms with van der Waals surface area (Å²) in [6, 6.07) is 6.35. The van der Waals surface area contributed by atoms with Crippen LogP contribution in [0.15, 0.2) is 18.3 Å². The third-order valence-electron chi connectivity index (χ3n) is 2.63. The van der Waals surface area contributed by atoms with Crippen LogP contribution in [0.5, 0.6) is 0 Å². The fourth-order valence-electron chi connectivity index (χ4n) is 1.28. The molecule has 1 aromatic rings. The molecule has 0 amide bonds. The van der Waals surface area contributed by atoms with Crippen LogP contribution in [0.25, 0.3) is 0 Å². The summed E-state index contributed by atoms with van der Waals surface area (Å²) < 4.78 is 0. The molecule has 0 radical (unpaired) electrons. The first-order valence-corrected chi connectivity index (χ1v) is 5.36. The van der Waals surface area contributed by atoms with Gasteiger partial charge >= 0.3 is 0 Å². The molecule has 4 heteroatoms. The molecule has 0 aliphatic heterocycles. The Morgan fingerprint density at radius 2 is 2.31 bits per heavy atom. The highest BCUT2D eigenvalue weighted by Crippen LogP contribution is 2.03. The Morgan fingerprint density at radius 3 is 2.94 bits per heavy atom. The molecule has 1 aromatic heterocycles. The van der Waals surface area contributed by atoms with Gasteiger partial charge in [-0.05, 0) is 27.1 Å². The van der Waals surface area contributed by atoms with E-state index in [9.17, 15) is 0 Å². The van der Waals surface area contributed by atoms with Gasteiger partial charge in [-0.1, -0.05) is 6.07 Å². The van der Waals surface area contributed by atoms with Crippen molar-refractivity contribution in [3.05, 3.63) is 29.6 Å². The number of aromatic nitrogens is 1. The molecule has 0 bridgehead atoms. The van der Waals surface area contributed by atoms with Crippen LogP contribution in [0.1, 0.15) is 18.2 Å². The minimum atomic E-state index is 0.474. The van der Waals surface area contributed by atoms with Crippen molar-refractivity contribution < 1.29 is 0 Å². The Hall–Kier alpha value is -1.44. The number of nitrogens with zero attached hydrogens (tertiary/aromatic N) is 3. The van der Waals surface area contributed by atoms with Gasteiger partial charge in [0.2, 0.25) is 0 Å². The van der Waals surface area contributed by atoms with Crippen molar-refractivity contribution in [3.63, 3.8) is 0 Å². The fraction of sp³-hybridized carbons (Fsp3) is 0.500. The van der Waals surface area contributed by atoms with Crippen LogP contribution in [0.2, 0.25) is 0 Å². The summed E-state index contributed by atoms with van der Waals surface area (Å²) in [7, 11) is 4.11. The molecule has 1 atom stereocenters. The summed E-state index contributed by atoms with van der Waals surface area (Å²) in [5.41, 5.74) is 1.46. The molecule has 1 N–H and O–H groups in total. The largest absolute Gasteiger partial charge is 0.311 e. The summed E-state index contributed by atoms with van der Waals surface area (Å²) in [5, 5.41) is 12.2. The summed E-state index contributed by atoms with van der Waals surface area (Å²) in [4.78, 5) is 6.17. The van der Waals surface area contributed by atoms with Crippen molar-refractivity contribution in [2.24, 2.45) is 0 Å². The van der Waals surface area contributed by atoms with Crippen LogP contribution < -0.4 is 5.32 Å². The first-order chi connectivity index (χ1) is 7.65. The van der Waals surface area contributed by atoms with E-state index in [2.05, 4.69) is 42.3 Å². The monoisotopic (exact) mass is 218 g/mol. The number of hydrogen-bond acceptors (Lipinski definition) is 4. The van der Waals surface area contributed by atoms with E-state index in [0.29, 0.717) is 18.3 Å². The number of nitrogens with one attached hydrogen (secondary N) is 1. The number of hydrogen-bond donors (Lipinski definition) is 1. The Morgan fingerprint density at radius 1 is 1.56 bits per heavy atom. The molecule has 86 valence electrons. The molecule has 1 heterocycles. The second-order valence-corrected chi connectivity index (χ2v) is 4.07. The summed E-state index contributed by atoms with van der Waals surface area (Å²) >= 11 is 0. The Labute approximate surface area is 96.9 Å². The van der Waals surface area contributed by atoms with Crippen LogP contribution in [0.4, 0.5) is 0 Å². The van der Waals surface area contributed by atoms with Crippen molar-refractivity contribution in [2.75, 3.05) is 20.6 Å². The Bertz CT molecular complexity index is 368. The third-order valence-corrected chi connectivity index (χ3v) is 2.63. The summed E-state index contributed by atoms with van der Waals surface area (Å²) in [6.45, 7) is 3.74. The van der Waals surface area contributed by atoms with Gasteiger partial charge in [0, 0.05) is 30.9 Å². The van der Waals surface area contributed by atoms with E-state index in [0.717, 1.165) is 12.1 Å². The number of likely N-dealkylation sites (N-methyl/N-ethyl adjacent to an activating group) is 1. The first kappa shape index (κ1) is 12.6. The molecule has 1 rings (SSSR count). The SMILES string of the molecule is CC(CNCc1cccnc1C#N)N(C)C. The molecule has 0 saturated heterocycles. The summed E-state index contributed by atoms with van der Waals surface area (Å²) in [5.74, 6) is 0. The van der Waals surface area contributed by atoms with Gasteiger partial charge in [0.25, 0.3) is 0 Å². The van der Waals surface area contributed by atoms with Crippen molar-refractivity contribution in [1.82, 2.24) is 15.2 Å². The average molecular weight is 218 g/mol. The molecule has 0 aromatic carbocycles. The second kappa shape index (κ2) is 6.21. The van der Waals surface area contributed by atoms with Crippen molar-refractivity contribution in [2.45, 2.75) is 19.5 Å². The highest BCUT2D eigenvalue weighted by molar-refractivity contribution is 5.30. The lowest BCUT2D eigenvalue weighted by atomic mass is 10.2. The minimum Gasteiger partial charge on any atom is -0.311 e. The van der Waals surface area contributed by atoms with E-state index in [1.165, 1.54) is 0 Å². The van der Waals surface area contributed by atoms with Crippen molar-refractivity contribution >= 4 is 0 Å². The van der Waals surface area contributed by atoms with Gasteiger partial charge in [0.1, 0.15) is 11.8 Å². The van der Waals surface area contributed by atoms with Crippen LogP contribution in [-0.4, -0.2) is 36.6 Å². The van der Waals surface area contributed by atoms with Gasteiger partial charge < -0.3 is 10.2 Å². The van der Waals surface area contributed by atoms with Gasteiger partial charge in [-0.3, -0.25) is 0 Å². The van der Waals surface area contributed by atoms with Gasteiger partial charge in [0.15, 0.2) is 0 Å². The maximum Gasteiger partial charge on any atom is 0.144 e. The molecule has 16 heavy (non-hydrogen) atoms. The number of rotatable bonds is 5. The van der Waals surface area contributed by atoms with Gasteiger partial charge in [-0.2, -0.15) is 5.26 Å². The average Bonchev–Trinajstić information content (AvgIpc) is 2.29. The third kappa shape index (κ3) is 3.61. The molecule has 1 unspecified atom stereocenters. The van der Waals surface area contributed by atoms with Gasteiger partial charge in [-0.25, -0.2) is 4.98 Å². The molecule has 0 fully saturated rings. The highest BCUT2D eigenvalue weighted by atomic mass is 15.1. The summed E-state index contributed by atoms with van der Waals surface area (Å²) in [6.07, 6.45) is 1.64. The van der Waals surface area contributed by atoms with Gasteiger partial charge in [-0.15, -0.1) is 0 Å². The molecule has 0 aliphatic carbocycles. The molecular formula is C12H18N4. The second-order valence-electron chi connectivity index (χ2n) is 4.07. The van der Waals surface area contributed by atoms with E-state index in [1.807, 2.05) is 12.1 Å². The highest BCUT2D eigenvalue weighted by Gasteiger charge is 2.05. The van der Waals surface area contributed by atoms with Crippen molar-refractivity contribution in [1.29, 1.82) is 5.26 Å². The normalized spacial score (nSPS) is 12.4. The molecule has 0 spiro atoms. The zero-order valence-electron chi connectivity index (χ0n) is 10.1. The van der Waals surface area contributed by atoms with E-state index in [4.69, 9.17) is 5.26 Å². The van der Waals surface area contributed by atoms with E-state index >= 15 is 0 Å². The van der Waals surface area contributed by atoms with Crippen molar-refractivity contribution in [3.8, 4) is 6.07 Å². The zero-order valence-corrected chi connectivity index (χ0v) is 10.1. The maximum absolute atomic E-state index is 8.87. The fourth-order valence-corrected chi connectivity index (χ4v) is 1.28. The van der Waals surface area contributed by atoms with E-state index in [-0.39, 0.29) is 0 Å². The molecule has 0 aliphatic rings. The minimum absolute atomic E-state index is 0.474. The predicted octanol–water partition coefficient (Wildman–Crippen LogP) is 0.993. The molecule has 0 saturated carbocycles. The lowest BCUT2D eigenvalue weighted by Crippen LogP contribution is -2.35. The maximum atomic E-state index is 8.87.